The molecule has 0 bridgehead atoms. The van der Waals surface area contributed by atoms with Crippen LogP contribution in [0.2, 0.25) is 0 Å². The van der Waals surface area contributed by atoms with Gasteiger partial charge in [-0.25, -0.2) is 0 Å². The normalized spacial score (nSPS) is 12.7. The van der Waals surface area contributed by atoms with Crippen molar-refractivity contribution in [3.05, 3.63) is 12.2 Å². The molecule has 0 saturated heterocycles. The minimum atomic E-state index is -0.661. The molecule has 1 atom stereocenters. The largest absolute Gasteiger partial charge is 0.481 e. The lowest BCUT2D eigenvalue weighted by Crippen LogP contribution is -2.21. The highest BCUT2D eigenvalue weighted by molar-refractivity contribution is 5.66. The number of aliphatic carboxylic acids is 1. The molecule has 0 saturated carbocycles. The molecule has 0 aliphatic carbocycles. The molecule has 0 aromatic carbocycles. The lowest BCUT2D eigenvalue weighted by molar-refractivity contribution is -0.137. The molecule has 3 nitrogen and oxygen atoms in total. The van der Waals surface area contributed by atoms with Crippen LogP contribution in [0.25, 0.3) is 0 Å². The molecule has 1 unspecified atom stereocenters. The van der Waals surface area contributed by atoms with E-state index in [0.717, 1.165) is 18.8 Å². The number of carboxylic acids is 1. The third-order valence-electron chi connectivity index (χ3n) is 7.25. The van der Waals surface area contributed by atoms with Crippen LogP contribution in [0.4, 0.5) is 0 Å². The lowest BCUT2D eigenvalue weighted by atomic mass is 9.93. The van der Waals surface area contributed by atoms with Gasteiger partial charge in [-0.3, -0.25) is 4.79 Å². The van der Waals surface area contributed by atoms with Crippen LogP contribution in [-0.2, 0) is 4.79 Å². The van der Waals surface area contributed by atoms with Gasteiger partial charge in [-0.2, -0.15) is 0 Å². The SMILES string of the molecule is CCCCCCCCC(CCCCCCCCCC/C=C\CCCCCCCC(=O)O)CN(C)C. The van der Waals surface area contributed by atoms with Gasteiger partial charge in [0.15, 0.2) is 0 Å². The van der Waals surface area contributed by atoms with Gasteiger partial charge in [0.05, 0.1) is 0 Å². The van der Waals surface area contributed by atoms with Gasteiger partial charge in [-0.1, -0.05) is 122 Å². The van der Waals surface area contributed by atoms with Crippen molar-refractivity contribution in [1.82, 2.24) is 4.90 Å². The molecular formula is C32H63NO2. The molecule has 0 radical (unpaired) electrons. The fourth-order valence-corrected chi connectivity index (χ4v) is 5.12. The number of carbonyl (C=O) groups is 1. The summed E-state index contributed by atoms with van der Waals surface area (Å²) >= 11 is 0. The summed E-state index contributed by atoms with van der Waals surface area (Å²) in [6.07, 6.45) is 35.7. The van der Waals surface area contributed by atoms with E-state index in [0.29, 0.717) is 6.42 Å². The van der Waals surface area contributed by atoms with Crippen molar-refractivity contribution in [2.24, 2.45) is 5.92 Å². The van der Waals surface area contributed by atoms with Crippen LogP contribution in [0.15, 0.2) is 12.2 Å². The second-order valence-corrected chi connectivity index (χ2v) is 11.3. The van der Waals surface area contributed by atoms with E-state index in [1.54, 1.807) is 0 Å². The average Bonchev–Trinajstić information content (AvgIpc) is 2.82. The zero-order valence-electron chi connectivity index (χ0n) is 24.2. The molecule has 0 spiro atoms. The van der Waals surface area contributed by atoms with Crippen molar-refractivity contribution in [3.63, 3.8) is 0 Å². The first-order valence-electron chi connectivity index (χ1n) is 15.6. The Balaban J connectivity index is 3.45. The summed E-state index contributed by atoms with van der Waals surface area (Å²) in [6, 6.07) is 0. The fraction of sp³-hybridized carbons (Fsp3) is 0.906. The first-order valence-corrected chi connectivity index (χ1v) is 15.6. The maximum Gasteiger partial charge on any atom is 0.303 e. The molecule has 0 aliphatic heterocycles. The Kier molecular flexibility index (Phi) is 27.1. The van der Waals surface area contributed by atoms with Crippen molar-refractivity contribution in [1.29, 1.82) is 0 Å². The molecule has 0 fully saturated rings. The van der Waals surface area contributed by atoms with Gasteiger partial charge in [0.2, 0.25) is 0 Å². The van der Waals surface area contributed by atoms with E-state index in [-0.39, 0.29) is 0 Å². The van der Waals surface area contributed by atoms with Gasteiger partial charge in [-0.15, -0.1) is 0 Å². The molecule has 208 valence electrons. The molecule has 0 rings (SSSR count). The summed E-state index contributed by atoms with van der Waals surface area (Å²) in [6.45, 7) is 3.58. The van der Waals surface area contributed by atoms with E-state index >= 15 is 0 Å². The first-order chi connectivity index (χ1) is 17.1. The monoisotopic (exact) mass is 493 g/mol. The van der Waals surface area contributed by atoms with Crippen LogP contribution in [0, 0.1) is 5.92 Å². The zero-order valence-corrected chi connectivity index (χ0v) is 24.2. The summed E-state index contributed by atoms with van der Waals surface area (Å²) in [4.78, 5) is 12.9. The summed E-state index contributed by atoms with van der Waals surface area (Å²) in [5, 5.41) is 8.62. The van der Waals surface area contributed by atoms with Crippen molar-refractivity contribution in [3.8, 4) is 0 Å². The number of unbranched alkanes of at least 4 members (excludes halogenated alkanes) is 18. The van der Waals surface area contributed by atoms with E-state index in [4.69, 9.17) is 5.11 Å². The maximum absolute atomic E-state index is 10.5. The highest BCUT2D eigenvalue weighted by Crippen LogP contribution is 2.20. The van der Waals surface area contributed by atoms with E-state index in [1.807, 2.05) is 0 Å². The highest BCUT2D eigenvalue weighted by Gasteiger charge is 2.09. The fourth-order valence-electron chi connectivity index (χ4n) is 5.12. The summed E-state index contributed by atoms with van der Waals surface area (Å²) in [7, 11) is 4.47. The Labute approximate surface area is 220 Å². The minimum Gasteiger partial charge on any atom is -0.481 e. The predicted octanol–water partition coefficient (Wildman–Crippen LogP) is 10.2. The molecule has 0 heterocycles. The average molecular weight is 494 g/mol. The number of rotatable bonds is 28. The molecule has 3 heteroatoms. The number of allylic oxidation sites excluding steroid dienone is 2. The van der Waals surface area contributed by atoms with Crippen molar-refractivity contribution in [2.45, 2.75) is 161 Å². The predicted molar refractivity (Wildman–Crippen MR) is 155 cm³/mol. The molecule has 0 amide bonds. The van der Waals surface area contributed by atoms with Gasteiger partial charge in [-0.05, 0) is 65.0 Å². The van der Waals surface area contributed by atoms with E-state index < -0.39 is 5.97 Å². The van der Waals surface area contributed by atoms with E-state index in [9.17, 15) is 4.79 Å². The number of nitrogens with zero attached hydrogens (tertiary/aromatic N) is 1. The number of hydrogen-bond donors (Lipinski definition) is 1. The smallest absolute Gasteiger partial charge is 0.303 e. The van der Waals surface area contributed by atoms with Crippen LogP contribution < -0.4 is 0 Å². The van der Waals surface area contributed by atoms with Crippen LogP contribution >= 0.6 is 0 Å². The Morgan fingerprint density at radius 1 is 0.629 bits per heavy atom. The Bertz CT molecular complexity index is 460. The Hall–Kier alpha value is -0.830. The molecule has 0 aromatic heterocycles. The second-order valence-electron chi connectivity index (χ2n) is 11.3. The summed E-state index contributed by atoms with van der Waals surface area (Å²) in [5.41, 5.74) is 0. The third kappa shape index (κ3) is 29.3. The molecule has 0 aromatic rings. The molecule has 0 aliphatic rings. The summed E-state index contributed by atoms with van der Waals surface area (Å²) < 4.78 is 0. The van der Waals surface area contributed by atoms with Gasteiger partial charge in [0.25, 0.3) is 0 Å². The third-order valence-corrected chi connectivity index (χ3v) is 7.25. The van der Waals surface area contributed by atoms with Crippen LogP contribution in [-0.4, -0.2) is 36.6 Å². The van der Waals surface area contributed by atoms with E-state index in [1.165, 1.54) is 141 Å². The van der Waals surface area contributed by atoms with Gasteiger partial charge in [0.1, 0.15) is 0 Å². The first kappa shape index (κ1) is 34.2. The quantitative estimate of drug-likeness (QED) is 0.0870. The molecule has 35 heavy (non-hydrogen) atoms. The Morgan fingerprint density at radius 2 is 1.03 bits per heavy atom. The van der Waals surface area contributed by atoms with Gasteiger partial charge >= 0.3 is 5.97 Å². The van der Waals surface area contributed by atoms with Crippen molar-refractivity contribution < 1.29 is 9.90 Å². The number of carboxylic acid groups (broad SMARTS) is 1. The molecular weight excluding hydrogens is 430 g/mol. The topological polar surface area (TPSA) is 40.5 Å². The van der Waals surface area contributed by atoms with Crippen LogP contribution in [0.3, 0.4) is 0 Å². The van der Waals surface area contributed by atoms with Crippen molar-refractivity contribution >= 4 is 5.97 Å². The lowest BCUT2D eigenvalue weighted by Gasteiger charge is -2.21. The van der Waals surface area contributed by atoms with Crippen LogP contribution in [0.1, 0.15) is 161 Å². The second kappa shape index (κ2) is 27.8. The summed E-state index contributed by atoms with van der Waals surface area (Å²) in [5.74, 6) is 0.249. The standard InChI is InChI=1S/C32H63NO2/c1-4-5-6-7-21-24-27-31(30-33(2)3)28-25-22-19-17-15-13-11-9-8-10-12-14-16-18-20-23-26-29-32(34)35/h10,12,31H,4-9,11,13-30H2,1-3H3,(H,34,35)/b12-10-. The number of hydrogen-bond acceptors (Lipinski definition) is 2. The van der Waals surface area contributed by atoms with Gasteiger partial charge in [0, 0.05) is 13.0 Å². The maximum atomic E-state index is 10.5. The highest BCUT2D eigenvalue weighted by atomic mass is 16.4. The van der Waals surface area contributed by atoms with E-state index in [2.05, 4.69) is 38.1 Å². The minimum absolute atomic E-state index is 0.330. The van der Waals surface area contributed by atoms with Gasteiger partial charge < -0.3 is 10.0 Å². The van der Waals surface area contributed by atoms with Crippen molar-refractivity contribution in [2.75, 3.05) is 20.6 Å². The van der Waals surface area contributed by atoms with Crippen LogP contribution in [0.5, 0.6) is 0 Å². The molecule has 1 N–H and O–H groups in total. The zero-order chi connectivity index (χ0) is 25.8. The Morgan fingerprint density at radius 3 is 1.46 bits per heavy atom.